The monoisotopic (exact) mass is 825 g/mol. The van der Waals surface area contributed by atoms with Gasteiger partial charge >= 0.3 is 6.03 Å². The minimum Gasteiger partial charge on any atom is -0.347 e. The molecule has 0 aliphatic carbocycles. The van der Waals surface area contributed by atoms with E-state index in [4.69, 9.17) is 0 Å². The zero-order valence-electron chi connectivity index (χ0n) is 36.5. The van der Waals surface area contributed by atoms with Gasteiger partial charge in [0.1, 0.15) is 29.5 Å². The van der Waals surface area contributed by atoms with Gasteiger partial charge in [0.2, 0.25) is 29.6 Å². The molecule has 2 aromatic heterocycles. The maximum atomic E-state index is 14.2. The number of nitrogens with zero attached hydrogens (tertiary/aromatic N) is 7. The Balaban J connectivity index is 1.28. The highest BCUT2D eigenvalue weighted by molar-refractivity contribution is 6.07. The lowest BCUT2D eigenvalue weighted by atomic mass is 9.98. The average molecular weight is 826 g/mol. The van der Waals surface area contributed by atoms with Crippen molar-refractivity contribution in [3.8, 4) is 0 Å². The van der Waals surface area contributed by atoms with Crippen LogP contribution >= 0.6 is 0 Å². The molecule has 7 amide bonds. The summed E-state index contributed by atoms with van der Waals surface area (Å²) in [4.78, 5) is 101. The lowest BCUT2D eigenvalue weighted by Gasteiger charge is -2.35. The molecule has 5 rings (SSSR count). The second-order valence-corrected chi connectivity index (χ2v) is 17.2. The van der Waals surface area contributed by atoms with Crippen molar-refractivity contribution in [3.63, 3.8) is 0 Å². The Labute approximate surface area is 352 Å². The van der Waals surface area contributed by atoms with Crippen LogP contribution in [0.4, 0.5) is 27.9 Å². The van der Waals surface area contributed by atoms with Crippen LogP contribution in [0, 0.1) is 25.7 Å². The van der Waals surface area contributed by atoms with Gasteiger partial charge in [-0.15, -0.1) is 0 Å². The minimum atomic E-state index is -1.40. The Hall–Kier alpha value is -6.13. The van der Waals surface area contributed by atoms with Crippen molar-refractivity contribution in [3.05, 3.63) is 65.1 Å². The first kappa shape index (κ1) is 45.0. The number of fused-ring (bicyclic) bond motifs is 1. The zero-order chi connectivity index (χ0) is 44.2. The van der Waals surface area contributed by atoms with Gasteiger partial charge < -0.3 is 31.1 Å². The van der Waals surface area contributed by atoms with Gasteiger partial charge in [-0.2, -0.15) is 4.98 Å². The highest BCUT2D eigenvalue weighted by Crippen LogP contribution is 2.33. The number of anilines is 4. The van der Waals surface area contributed by atoms with E-state index < -0.39 is 47.3 Å². The summed E-state index contributed by atoms with van der Waals surface area (Å²) in [6.07, 6.45) is 4.69. The first-order valence-electron chi connectivity index (χ1n) is 20.3. The molecule has 0 bridgehead atoms. The first-order chi connectivity index (χ1) is 28.2. The molecule has 322 valence electrons. The Morgan fingerprint density at radius 2 is 1.68 bits per heavy atom. The summed E-state index contributed by atoms with van der Waals surface area (Å²) in [5.74, 6) is -1.66. The van der Waals surface area contributed by atoms with Crippen molar-refractivity contribution < 1.29 is 28.8 Å². The maximum absolute atomic E-state index is 14.2. The van der Waals surface area contributed by atoms with Gasteiger partial charge in [-0.25, -0.2) is 9.78 Å². The van der Waals surface area contributed by atoms with Gasteiger partial charge in [0, 0.05) is 56.4 Å². The van der Waals surface area contributed by atoms with Gasteiger partial charge in [-0.3, -0.25) is 38.8 Å². The quantitative estimate of drug-likeness (QED) is 0.184. The molecule has 2 aliphatic heterocycles. The molecule has 17 nitrogen and oxygen atoms in total. The smallest absolute Gasteiger partial charge is 0.330 e. The Kier molecular flexibility index (Phi) is 13.8. The highest BCUT2D eigenvalue weighted by atomic mass is 16.2. The summed E-state index contributed by atoms with van der Waals surface area (Å²) in [6, 6.07) is 5.78. The van der Waals surface area contributed by atoms with Crippen LogP contribution < -0.4 is 31.1 Å². The normalized spacial score (nSPS) is 16.3. The molecule has 3 atom stereocenters. The predicted molar refractivity (Wildman–Crippen MR) is 229 cm³/mol. The van der Waals surface area contributed by atoms with Gasteiger partial charge in [0.25, 0.3) is 5.91 Å². The molecule has 0 spiro atoms. The summed E-state index contributed by atoms with van der Waals surface area (Å²) in [5.41, 5.74) is 2.38. The van der Waals surface area contributed by atoms with Crippen molar-refractivity contribution in [2.75, 3.05) is 42.8 Å². The molecule has 2 aliphatic rings. The lowest BCUT2D eigenvalue weighted by Crippen LogP contribution is -2.62. The largest absolute Gasteiger partial charge is 0.347 e. The number of pyridine rings is 1. The topological polar surface area (TPSA) is 202 Å². The third-order valence-electron chi connectivity index (χ3n) is 10.7. The molecule has 4 N–H and O–H groups in total. The number of carbonyl (C=O) groups excluding carboxylic acids is 6. The van der Waals surface area contributed by atoms with Crippen LogP contribution in [0.2, 0.25) is 0 Å². The number of aromatic nitrogens is 3. The summed E-state index contributed by atoms with van der Waals surface area (Å²) in [7, 11) is 4.87. The third-order valence-corrected chi connectivity index (χ3v) is 10.7. The van der Waals surface area contributed by atoms with E-state index in [2.05, 4.69) is 36.2 Å². The lowest BCUT2D eigenvalue weighted by molar-refractivity contribution is -0.143. The Bertz CT molecular complexity index is 2120. The van der Waals surface area contributed by atoms with E-state index in [1.807, 2.05) is 53.7 Å². The van der Waals surface area contributed by atoms with E-state index in [-0.39, 0.29) is 35.9 Å². The van der Waals surface area contributed by atoms with Crippen LogP contribution in [0.3, 0.4) is 0 Å². The number of likely N-dealkylation sites (tertiary alicyclic amines) is 1. The fourth-order valence-corrected chi connectivity index (χ4v) is 7.28. The molecule has 1 aromatic carbocycles. The Morgan fingerprint density at radius 3 is 2.32 bits per heavy atom. The molecule has 4 heterocycles. The van der Waals surface area contributed by atoms with Crippen molar-refractivity contribution >= 4 is 58.7 Å². The van der Waals surface area contributed by atoms with Gasteiger partial charge in [0.15, 0.2) is 0 Å². The number of benzene rings is 1. The molecular formula is C43H59N11O6. The van der Waals surface area contributed by atoms with Crippen LogP contribution in [0.25, 0.3) is 0 Å². The van der Waals surface area contributed by atoms with Crippen LogP contribution in [-0.2, 0) is 25.7 Å². The van der Waals surface area contributed by atoms with E-state index in [9.17, 15) is 28.8 Å². The summed E-state index contributed by atoms with van der Waals surface area (Å²) in [6.45, 7) is 14.8. The zero-order valence-corrected chi connectivity index (χ0v) is 36.5. The predicted octanol–water partition coefficient (Wildman–Crippen LogP) is 4.07. The standard InChI is InChI=1S/C43H59N11O6/c1-24(2)19-31(38(57)51(9)10)47-40(59)43(7,8)50-37(56)32-13-12-18-53(32)39(58)34(25(3)4)48-36(55)28-16-14-26(5)33(20-28)54-23-29-21-45-41(49-35(29)52(11)42(54)60)46-30-17-15-27(6)44-22-30/h14-17,20-22,24-25,31-32,34H,12-13,18-19,23H2,1-11H3,(H,47,59)(H,48,55)(H,50,56)(H,45,46,49)/t31?,32-,34?/m0/s1. The number of amides is 7. The number of aryl methyl sites for hydroxylation is 2. The molecule has 60 heavy (non-hydrogen) atoms. The van der Waals surface area contributed by atoms with E-state index >= 15 is 0 Å². The van der Waals surface area contributed by atoms with Gasteiger partial charge in [-0.05, 0) is 88.6 Å². The van der Waals surface area contributed by atoms with Crippen LogP contribution in [-0.4, -0.2) is 112 Å². The van der Waals surface area contributed by atoms with Gasteiger partial charge in [0.05, 0.1) is 18.4 Å². The van der Waals surface area contributed by atoms with Gasteiger partial charge in [-0.1, -0.05) is 33.8 Å². The minimum absolute atomic E-state index is 0.132. The van der Waals surface area contributed by atoms with Crippen LogP contribution in [0.1, 0.15) is 88.0 Å². The summed E-state index contributed by atoms with van der Waals surface area (Å²) < 4.78 is 0. The summed E-state index contributed by atoms with van der Waals surface area (Å²) in [5, 5.41) is 11.6. The molecule has 0 radical (unpaired) electrons. The fraction of sp³-hybridized carbons (Fsp3) is 0.512. The van der Waals surface area contributed by atoms with Crippen molar-refractivity contribution in [1.82, 2.24) is 40.7 Å². The van der Waals surface area contributed by atoms with Crippen molar-refractivity contribution in [2.45, 2.75) is 105 Å². The second kappa shape index (κ2) is 18.4. The molecule has 17 heteroatoms. The van der Waals surface area contributed by atoms with Crippen LogP contribution in [0.5, 0.6) is 0 Å². The Morgan fingerprint density at radius 1 is 0.967 bits per heavy atom. The second-order valence-electron chi connectivity index (χ2n) is 17.2. The number of nitrogens with one attached hydrogen (secondary N) is 4. The van der Waals surface area contributed by atoms with Crippen LogP contribution in [0.15, 0.2) is 42.7 Å². The average Bonchev–Trinajstić information content (AvgIpc) is 3.69. The van der Waals surface area contributed by atoms with Crippen molar-refractivity contribution in [1.29, 1.82) is 0 Å². The van der Waals surface area contributed by atoms with E-state index in [1.54, 1.807) is 70.5 Å². The first-order valence-corrected chi connectivity index (χ1v) is 20.3. The number of carbonyl (C=O) groups is 6. The third kappa shape index (κ3) is 10.2. The SMILES string of the molecule is Cc1ccc(Nc2ncc3c(n2)N(C)C(=O)N(c2cc(C(=O)NC(C(=O)N4CCC[C@H]4C(=O)NC(C)(C)C(=O)NC(CC(C)C)C(=O)N(C)C)C(C)C)ccc2C)C3)cn1. The van der Waals surface area contributed by atoms with E-state index in [0.29, 0.717) is 54.5 Å². The molecule has 2 unspecified atom stereocenters. The molecular weight excluding hydrogens is 767 g/mol. The molecule has 3 aromatic rings. The van der Waals surface area contributed by atoms with E-state index in [1.165, 1.54) is 14.7 Å². The summed E-state index contributed by atoms with van der Waals surface area (Å²) >= 11 is 0. The molecule has 1 fully saturated rings. The number of hydrogen-bond donors (Lipinski definition) is 4. The number of urea groups is 1. The molecule has 1 saturated heterocycles. The fourth-order valence-electron chi connectivity index (χ4n) is 7.28. The molecule has 0 saturated carbocycles. The number of rotatable bonds is 14. The van der Waals surface area contributed by atoms with Crippen molar-refractivity contribution in [2.24, 2.45) is 11.8 Å². The van der Waals surface area contributed by atoms with E-state index in [0.717, 1.165) is 11.3 Å². The number of hydrogen-bond acceptors (Lipinski definition) is 10. The maximum Gasteiger partial charge on any atom is 0.330 e. The highest BCUT2D eigenvalue weighted by Gasteiger charge is 2.42. The number of likely N-dealkylation sites (N-methyl/N-ethyl adjacent to an activating group) is 1.